The molecule has 0 aliphatic heterocycles. The molecule has 7 heteroatoms. The molecule has 88 valence electrons. The lowest BCUT2D eigenvalue weighted by Gasteiger charge is -2.01. The second-order valence-electron chi connectivity index (χ2n) is 3.10. The van der Waals surface area contributed by atoms with E-state index in [1.54, 1.807) is 6.92 Å². The van der Waals surface area contributed by atoms with Crippen LogP contribution in [0.2, 0.25) is 0 Å². The number of ketones is 1. The quantitative estimate of drug-likeness (QED) is 0.506. The van der Waals surface area contributed by atoms with Crippen molar-refractivity contribution in [3.63, 3.8) is 0 Å². The van der Waals surface area contributed by atoms with Gasteiger partial charge < -0.3 is 4.74 Å². The lowest BCUT2D eigenvalue weighted by Crippen LogP contribution is -2.23. The third-order valence-corrected chi connectivity index (χ3v) is 1.85. The summed E-state index contributed by atoms with van der Waals surface area (Å²) in [7, 11) is 0. The van der Waals surface area contributed by atoms with Gasteiger partial charge in [-0.05, 0) is 13.8 Å². The molecule has 0 unspecified atom stereocenters. The Balaban J connectivity index is 2.59. The highest BCUT2D eigenvalue weighted by atomic mass is 16.5. The fourth-order valence-corrected chi connectivity index (χ4v) is 1.12. The van der Waals surface area contributed by atoms with Crippen molar-refractivity contribution in [2.75, 3.05) is 6.61 Å². The molecule has 0 amide bonds. The third-order valence-electron chi connectivity index (χ3n) is 1.85. The molecular formula is C9H12N2O5. The standard InChI is InChI=1S/C9H12N2O5/c1-3-15-8(13)4-7(12)5-11-6(2)10-16-9(11)14/h3-5H2,1-2H3. The van der Waals surface area contributed by atoms with E-state index in [1.807, 2.05) is 0 Å². The van der Waals surface area contributed by atoms with E-state index in [0.29, 0.717) is 5.82 Å². The number of esters is 1. The van der Waals surface area contributed by atoms with Gasteiger partial charge in [-0.3, -0.25) is 18.7 Å². The van der Waals surface area contributed by atoms with E-state index in [-0.39, 0.29) is 19.6 Å². The van der Waals surface area contributed by atoms with E-state index < -0.39 is 17.5 Å². The molecule has 0 bridgehead atoms. The molecule has 1 aromatic heterocycles. The number of ether oxygens (including phenoxy) is 1. The number of Topliss-reactive ketones (excluding diaryl/α,β-unsaturated/α-hetero) is 1. The fourth-order valence-electron chi connectivity index (χ4n) is 1.12. The maximum absolute atomic E-state index is 11.4. The predicted octanol–water partition coefficient (Wildman–Crippen LogP) is -0.333. The van der Waals surface area contributed by atoms with E-state index >= 15 is 0 Å². The van der Waals surface area contributed by atoms with Crippen molar-refractivity contribution in [1.82, 2.24) is 9.72 Å². The van der Waals surface area contributed by atoms with Gasteiger partial charge >= 0.3 is 11.7 Å². The Hall–Kier alpha value is -1.92. The summed E-state index contributed by atoms with van der Waals surface area (Å²) in [6.07, 6.45) is -0.356. The summed E-state index contributed by atoms with van der Waals surface area (Å²) in [5.74, 6) is -1.45. The molecule has 0 aliphatic rings. The van der Waals surface area contributed by atoms with Crippen LogP contribution < -0.4 is 5.76 Å². The summed E-state index contributed by atoms with van der Waals surface area (Å²) in [4.78, 5) is 33.4. The maximum Gasteiger partial charge on any atom is 0.442 e. The van der Waals surface area contributed by atoms with Gasteiger partial charge in [0.1, 0.15) is 6.42 Å². The zero-order valence-corrected chi connectivity index (χ0v) is 9.06. The molecule has 0 atom stereocenters. The fraction of sp³-hybridized carbons (Fsp3) is 0.556. The lowest BCUT2D eigenvalue weighted by molar-refractivity contribution is -0.145. The zero-order chi connectivity index (χ0) is 12.1. The SMILES string of the molecule is CCOC(=O)CC(=O)Cn1c(C)noc1=O. The third kappa shape index (κ3) is 3.04. The number of nitrogens with zero attached hydrogens (tertiary/aromatic N) is 2. The van der Waals surface area contributed by atoms with Gasteiger partial charge in [0.2, 0.25) is 0 Å². The number of aromatic nitrogens is 2. The van der Waals surface area contributed by atoms with Crippen LogP contribution in [-0.4, -0.2) is 28.1 Å². The van der Waals surface area contributed by atoms with Gasteiger partial charge in [0.25, 0.3) is 0 Å². The zero-order valence-electron chi connectivity index (χ0n) is 9.06. The summed E-state index contributed by atoms with van der Waals surface area (Å²) in [6.45, 7) is 3.17. The van der Waals surface area contributed by atoms with E-state index in [9.17, 15) is 14.4 Å². The Bertz CT molecular complexity index is 445. The lowest BCUT2D eigenvalue weighted by atomic mass is 10.3. The Morgan fingerprint density at radius 2 is 2.19 bits per heavy atom. The van der Waals surface area contributed by atoms with Gasteiger partial charge in [-0.2, -0.15) is 0 Å². The van der Waals surface area contributed by atoms with Crippen LogP contribution in [0.5, 0.6) is 0 Å². The van der Waals surface area contributed by atoms with Crippen molar-refractivity contribution in [3.8, 4) is 0 Å². The first-order valence-corrected chi connectivity index (χ1v) is 4.75. The van der Waals surface area contributed by atoms with E-state index in [2.05, 4.69) is 14.4 Å². The molecule has 0 saturated heterocycles. The van der Waals surface area contributed by atoms with Crippen molar-refractivity contribution in [1.29, 1.82) is 0 Å². The molecule has 7 nitrogen and oxygen atoms in total. The van der Waals surface area contributed by atoms with Crippen molar-refractivity contribution in [3.05, 3.63) is 16.4 Å². The molecule has 1 heterocycles. The minimum absolute atomic E-state index is 0.221. The second-order valence-corrected chi connectivity index (χ2v) is 3.10. The van der Waals surface area contributed by atoms with Crippen LogP contribution in [0.4, 0.5) is 0 Å². The molecular weight excluding hydrogens is 216 g/mol. The number of carbonyl (C=O) groups is 2. The van der Waals surface area contributed by atoms with Crippen molar-refractivity contribution in [2.24, 2.45) is 0 Å². The molecule has 0 N–H and O–H groups in total. The predicted molar refractivity (Wildman–Crippen MR) is 51.8 cm³/mol. The first-order chi connectivity index (χ1) is 7.54. The van der Waals surface area contributed by atoms with Gasteiger partial charge in [0.15, 0.2) is 11.6 Å². The minimum atomic E-state index is -0.713. The van der Waals surface area contributed by atoms with Crippen molar-refractivity contribution >= 4 is 11.8 Å². The normalized spacial score (nSPS) is 10.1. The number of rotatable bonds is 5. The number of carbonyl (C=O) groups excluding carboxylic acids is 2. The Morgan fingerprint density at radius 1 is 1.50 bits per heavy atom. The molecule has 0 spiro atoms. The van der Waals surface area contributed by atoms with E-state index in [1.165, 1.54) is 6.92 Å². The number of aryl methyl sites for hydroxylation is 1. The largest absolute Gasteiger partial charge is 0.466 e. The second kappa shape index (κ2) is 5.24. The first-order valence-electron chi connectivity index (χ1n) is 4.75. The Kier molecular flexibility index (Phi) is 3.98. The molecule has 0 fully saturated rings. The van der Waals surface area contributed by atoms with Gasteiger partial charge in [0.05, 0.1) is 13.2 Å². The van der Waals surface area contributed by atoms with E-state index in [4.69, 9.17) is 0 Å². The number of hydrogen-bond donors (Lipinski definition) is 0. The van der Waals surface area contributed by atoms with Gasteiger partial charge in [-0.25, -0.2) is 4.79 Å². The molecule has 0 aliphatic carbocycles. The molecule has 1 aromatic rings. The molecule has 0 aromatic carbocycles. The maximum atomic E-state index is 11.4. The Morgan fingerprint density at radius 3 is 2.69 bits per heavy atom. The van der Waals surface area contributed by atoms with Crippen molar-refractivity contribution < 1.29 is 18.8 Å². The highest BCUT2D eigenvalue weighted by Gasteiger charge is 2.14. The average molecular weight is 228 g/mol. The summed E-state index contributed by atoms with van der Waals surface area (Å²) in [6, 6.07) is 0. The van der Waals surface area contributed by atoms with Gasteiger partial charge in [0, 0.05) is 0 Å². The van der Waals surface area contributed by atoms with Crippen molar-refractivity contribution in [2.45, 2.75) is 26.8 Å². The average Bonchev–Trinajstić information content (AvgIpc) is 2.49. The summed E-state index contributed by atoms with van der Waals surface area (Å²) in [5.41, 5.74) is 0. The number of hydrogen-bond acceptors (Lipinski definition) is 6. The van der Waals surface area contributed by atoms with Crippen LogP contribution >= 0.6 is 0 Å². The first kappa shape index (κ1) is 12.2. The smallest absolute Gasteiger partial charge is 0.442 e. The van der Waals surface area contributed by atoms with Crippen LogP contribution in [0.3, 0.4) is 0 Å². The molecule has 1 rings (SSSR count). The molecule has 0 radical (unpaired) electrons. The summed E-state index contributed by atoms with van der Waals surface area (Å²) in [5, 5.41) is 3.39. The van der Waals surface area contributed by atoms with Crippen LogP contribution in [-0.2, 0) is 20.9 Å². The highest BCUT2D eigenvalue weighted by Crippen LogP contribution is 1.94. The molecule has 16 heavy (non-hydrogen) atoms. The van der Waals surface area contributed by atoms with E-state index in [0.717, 1.165) is 4.57 Å². The van der Waals surface area contributed by atoms with Crippen LogP contribution in [0.15, 0.2) is 9.32 Å². The van der Waals surface area contributed by atoms with Gasteiger partial charge in [-0.1, -0.05) is 5.16 Å². The topological polar surface area (TPSA) is 91.4 Å². The Labute approximate surface area is 91.0 Å². The molecule has 0 saturated carbocycles. The van der Waals surface area contributed by atoms with Gasteiger partial charge in [-0.15, -0.1) is 0 Å². The van der Waals surface area contributed by atoms with Crippen LogP contribution in [0, 0.1) is 6.92 Å². The van der Waals surface area contributed by atoms with Crippen LogP contribution in [0.25, 0.3) is 0 Å². The summed E-state index contributed by atoms with van der Waals surface area (Å²) >= 11 is 0. The monoisotopic (exact) mass is 228 g/mol. The van der Waals surface area contributed by atoms with Crippen LogP contribution in [0.1, 0.15) is 19.2 Å². The summed E-state index contributed by atoms with van der Waals surface area (Å²) < 4.78 is 10.0. The minimum Gasteiger partial charge on any atom is -0.466 e. The highest BCUT2D eigenvalue weighted by molar-refractivity contribution is 5.95.